The molecule has 0 saturated heterocycles. The van der Waals surface area contributed by atoms with Gasteiger partial charge in [-0.1, -0.05) is 0 Å². The first kappa shape index (κ1) is 5.67. The highest BCUT2D eigenvalue weighted by atomic mass is 35.5. The van der Waals surface area contributed by atoms with Gasteiger partial charge in [-0.05, 0) is 0 Å². The van der Waals surface area contributed by atoms with Gasteiger partial charge in [0.25, 0.3) is 6.21 Å². The topological polar surface area (TPSA) is 36.4 Å². The lowest BCUT2D eigenvalue weighted by Crippen LogP contribution is -1.73. The van der Waals surface area contributed by atoms with Crippen molar-refractivity contribution in [3.8, 4) is 0 Å². The third-order valence-electron chi connectivity index (χ3n) is 0.320. The van der Waals surface area contributed by atoms with Gasteiger partial charge in [-0.2, -0.15) is 4.79 Å². The van der Waals surface area contributed by atoms with E-state index < -0.39 is 0 Å². The molecule has 0 rings (SSSR count). The molecule has 0 aromatic carbocycles. The first-order valence-electron chi connectivity index (χ1n) is 1.63. The highest BCUT2D eigenvalue weighted by molar-refractivity contribution is 6.18. The second-order valence-corrected chi connectivity index (χ2v) is 1.15. The predicted molar refractivity (Wildman–Crippen MR) is 25.0 cm³/mol. The maximum absolute atomic E-state index is 7.71. The van der Waals surface area contributed by atoms with Crippen LogP contribution in [-0.4, -0.2) is 16.9 Å². The van der Waals surface area contributed by atoms with Crippen LogP contribution in [0.4, 0.5) is 0 Å². The summed E-state index contributed by atoms with van der Waals surface area (Å²) < 4.78 is 0. The lowest BCUT2D eigenvalue weighted by Gasteiger charge is -1.64. The zero-order chi connectivity index (χ0) is 4.83. The first-order chi connectivity index (χ1) is 2.91. The first-order valence-corrected chi connectivity index (χ1v) is 2.17. The van der Waals surface area contributed by atoms with Gasteiger partial charge in [0.05, 0.1) is 6.42 Å². The summed E-state index contributed by atoms with van der Waals surface area (Å²) in [6.45, 7) is 0. The van der Waals surface area contributed by atoms with Gasteiger partial charge in [-0.25, -0.2) is 0 Å². The number of hydrogen-bond acceptors (Lipinski definition) is 0. The molecule has 34 valence electrons. The van der Waals surface area contributed by atoms with Crippen molar-refractivity contribution in [1.82, 2.24) is 0 Å². The van der Waals surface area contributed by atoms with Crippen LogP contribution >= 0.6 is 11.6 Å². The van der Waals surface area contributed by atoms with Crippen LogP contribution in [0.15, 0.2) is 0 Å². The molecule has 0 heterocycles. The van der Waals surface area contributed by atoms with Gasteiger partial charge in [0.15, 0.2) is 0 Å². The highest BCUT2D eigenvalue weighted by Crippen LogP contribution is 1.74. The minimum absolute atomic E-state index is 0.518. The predicted octanol–water partition coefficient (Wildman–Crippen LogP) is 0.916. The molecule has 0 spiro atoms. The summed E-state index contributed by atoms with van der Waals surface area (Å²) in [7, 11) is 0. The normalized spacial score (nSPS) is 6.83. The van der Waals surface area contributed by atoms with E-state index in [0.29, 0.717) is 12.3 Å². The zero-order valence-corrected chi connectivity index (χ0v) is 4.02. The van der Waals surface area contributed by atoms with Crippen LogP contribution in [-0.2, 0) is 0 Å². The summed E-state index contributed by atoms with van der Waals surface area (Å²) in [5.74, 6) is 0.518. The molecule has 0 fully saturated rings. The van der Waals surface area contributed by atoms with Gasteiger partial charge >= 0.3 is 0 Å². The fraction of sp³-hybridized carbons (Fsp3) is 0.667. The molecule has 2 nitrogen and oxygen atoms in total. The van der Waals surface area contributed by atoms with Crippen LogP contribution in [0.3, 0.4) is 0 Å². The Morgan fingerprint density at radius 2 is 2.50 bits per heavy atom. The van der Waals surface area contributed by atoms with Crippen molar-refractivity contribution in [3.05, 3.63) is 5.53 Å². The number of nitrogens with zero attached hydrogens (tertiary/aromatic N) is 2. The SMILES string of the molecule is [N-]=[N+]=CCCCl. The standard InChI is InChI=1S/C3H5ClN2/c4-2-1-3-6-5/h3H,1-2H2. The van der Waals surface area contributed by atoms with Crippen LogP contribution in [0.1, 0.15) is 6.42 Å². The highest BCUT2D eigenvalue weighted by Gasteiger charge is 1.75. The van der Waals surface area contributed by atoms with Gasteiger partial charge in [0.1, 0.15) is 0 Å². The van der Waals surface area contributed by atoms with E-state index in [4.69, 9.17) is 17.1 Å². The van der Waals surface area contributed by atoms with E-state index in [2.05, 4.69) is 4.79 Å². The van der Waals surface area contributed by atoms with Crippen LogP contribution in [0.5, 0.6) is 0 Å². The maximum atomic E-state index is 7.71. The minimum atomic E-state index is 0.518. The van der Waals surface area contributed by atoms with E-state index in [1.165, 1.54) is 6.21 Å². The molecule has 0 aliphatic carbocycles. The summed E-state index contributed by atoms with van der Waals surface area (Å²) >= 11 is 5.18. The molecule has 0 atom stereocenters. The number of halogens is 1. The molecular weight excluding hydrogens is 99.5 g/mol. The van der Waals surface area contributed by atoms with Crippen molar-refractivity contribution in [2.24, 2.45) is 0 Å². The molecule has 3 heteroatoms. The lowest BCUT2D eigenvalue weighted by atomic mass is 10.5. The van der Waals surface area contributed by atoms with Crippen molar-refractivity contribution in [2.45, 2.75) is 6.42 Å². The molecule has 0 aromatic rings. The van der Waals surface area contributed by atoms with Gasteiger partial charge in [0.2, 0.25) is 0 Å². The summed E-state index contributed by atoms with van der Waals surface area (Å²) in [6, 6.07) is 0. The maximum Gasteiger partial charge on any atom is 0.258 e. The van der Waals surface area contributed by atoms with Crippen molar-refractivity contribution < 1.29 is 4.79 Å². The smallest absolute Gasteiger partial charge is 0.258 e. The van der Waals surface area contributed by atoms with E-state index in [1.807, 2.05) is 0 Å². The van der Waals surface area contributed by atoms with Crippen LogP contribution in [0.2, 0.25) is 0 Å². The third kappa shape index (κ3) is 3.67. The van der Waals surface area contributed by atoms with E-state index in [0.717, 1.165) is 0 Å². The molecular formula is C3H5ClN2. The molecule has 0 aliphatic heterocycles. The molecule has 0 bridgehead atoms. The molecule has 0 N–H and O–H groups in total. The molecule has 0 unspecified atom stereocenters. The monoisotopic (exact) mass is 104 g/mol. The van der Waals surface area contributed by atoms with Crippen LogP contribution in [0.25, 0.3) is 5.53 Å². The number of rotatable bonds is 2. The Labute approximate surface area is 41.4 Å². The number of hydrogen-bond donors (Lipinski definition) is 0. The largest absolute Gasteiger partial charge is 0.362 e. The molecule has 0 aromatic heterocycles. The molecule has 0 radical (unpaired) electrons. The molecule has 0 aliphatic rings. The van der Waals surface area contributed by atoms with E-state index in [9.17, 15) is 0 Å². The molecule has 0 amide bonds. The Balaban J connectivity index is 2.86. The average molecular weight is 105 g/mol. The van der Waals surface area contributed by atoms with Crippen molar-refractivity contribution >= 4 is 17.8 Å². The Morgan fingerprint density at radius 3 is 2.67 bits per heavy atom. The zero-order valence-electron chi connectivity index (χ0n) is 3.26. The van der Waals surface area contributed by atoms with Crippen molar-refractivity contribution in [3.63, 3.8) is 0 Å². The fourth-order valence-corrected chi connectivity index (χ4v) is 0.204. The second kappa shape index (κ2) is 4.67. The second-order valence-electron chi connectivity index (χ2n) is 0.776. The van der Waals surface area contributed by atoms with E-state index in [-0.39, 0.29) is 0 Å². The van der Waals surface area contributed by atoms with Crippen molar-refractivity contribution in [2.75, 3.05) is 5.88 Å². The van der Waals surface area contributed by atoms with Crippen LogP contribution in [0, 0.1) is 0 Å². The average Bonchev–Trinajstić information content (AvgIpc) is 1.61. The van der Waals surface area contributed by atoms with Gasteiger partial charge < -0.3 is 5.53 Å². The Morgan fingerprint density at radius 1 is 1.83 bits per heavy atom. The third-order valence-corrected chi connectivity index (χ3v) is 0.538. The van der Waals surface area contributed by atoms with Gasteiger partial charge in [-0.15, -0.1) is 11.6 Å². The fourth-order valence-electron chi connectivity index (χ4n) is 0.107. The minimum Gasteiger partial charge on any atom is -0.362 e. The summed E-state index contributed by atoms with van der Waals surface area (Å²) in [6.07, 6.45) is 1.99. The quantitative estimate of drug-likeness (QED) is 0.216. The molecule has 6 heavy (non-hydrogen) atoms. The Bertz CT molecular complexity index is 65.2. The lowest BCUT2D eigenvalue weighted by molar-refractivity contribution is 0.00133. The Kier molecular flexibility index (Phi) is 4.41. The van der Waals surface area contributed by atoms with E-state index in [1.54, 1.807) is 0 Å². The molecule has 0 saturated carbocycles. The number of alkyl halides is 1. The van der Waals surface area contributed by atoms with Crippen molar-refractivity contribution in [1.29, 1.82) is 0 Å². The summed E-state index contributed by atoms with van der Waals surface area (Å²) in [5, 5.41) is 0. The summed E-state index contributed by atoms with van der Waals surface area (Å²) in [5.41, 5.74) is 7.71. The van der Waals surface area contributed by atoms with Gasteiger partial charge in [-0.3, -0.25) is 0 Å². The van der Waals surface area contributed by atoms with Gasteiger partial charge in [0, 0.05) is 5.88 Å². The Hall–Kier alpha value is -0.330. The van der Waals surface area contributed by atoms with Crippen LogP contribution < -0.4 is 0 Å². The van der Waals surface area contributed by atoms with E-state index >= 15 is 0 Å². The summed E-state index contributed by atoms with van der Waals surface area (Å²) in [4.78, 5) is 2.72.